The number of benzene rings is 1. The van der Waals surface area contributed by atoms with Crippen LogP contribution in [0.25, 0.3) is 0 Å². The van der Waals surface area contributed by atoms with E-state index in [4.69, 9.17) is 4.74 Å². The van der Waals surface area contributed by atoms with E-state index in [1.165, 1.54) is 23.1 Å². The van der Waals surface area contributed by atoms with Crippen LogP contribution in [0.1, 0.15) is 43.0 Å². The van der Waals surface area contributed by atoms with Crippen molar-refractivity contribution in [1.29, 1.82) is 0 Å². The predicted molar refractivity (Wildman–Crippen MR) is 75.9 cm³/mol. The summed E-state index contributed by atoms with van der Waals surface area (Å²) in [5.74, 6) is 0.618. The lowest BCUT2D eigenvalue weighted by atomic mass is 9.87. The number of nitrogens with one attached hydrogen (secondary N) is 1. The van der Waals surface area contributed by atoms with Gasteiger partial charge in [-0.3, -0.25) is 0 Å². The zero-order valence-corrected chi connectivity index (χ0v) is 11.8. The molecule has 0 radical (unpaired) electrons. The molecule has 0 spiro atoms. The Balaban J connectivity index is 2.32. The van der Waals surface area contributed by atoms with Crippen molar-refractivity contribution in [2.75, 3.05) is 20.3 Å². The van der Waals surface area contributed by atoms with Crippen LogP contribution in [0.4, 0.5) is 0 Å². The zero-order chi connectivity index (χ0) is 13.0. The van der Waals surface area contributed by atoms with Gasteiger partial charge in [0.05, 0.1) is 6.61 Å². The summed E-state index contributed by atoms with van der Waals surface area (Å²) in [5.41, 5.74) is 4.38. The maximum Gasteiger partial charge on any atom is 0.0513 e. The molecule has 1 aromatic carbocycles. The lowest BCUT2D eigenvalue weighted by Gasteiger charge is -2.25. The van der Waals surface area contributed by atoms with Crippen molar-refractivity contribution < 1.29 is 4.74 Å². The molecule has 0 aliphatic carbocycles. The van der Waals surface area contributed by atoms with Gasteiger partial charge in [-0.1, -0.05) is 32.0 Å². The Labute approximate surface area is 111 Å². The first kappa shape index (κ1) is 13.6. The highest BCUT2D eigenvalue weighted by atomic mass is 16.5. The Kier molecular flexibility index (Phi) is 4.79. The van der Waals surface area contributed by atoms with Crippen molar-refractivity contribution in [1.82, 2.24) is 5.32 Å². The van der Waals surface area contributed by atoms with E-state index in [1.807, 2.05) is 0 Å². The molecule has 0 saturated carbocycles. The van der Waals surface area contributed by atoms with Gasteiger partial charge >= 0.3 is 0 Å². The summed E-state index contributed by atoms with van der Waals surface area (Å²) >= 11 is 0. The Morgan fingerprint density at radius 3 is 2.72 bits per heavy atom. The summed E-state index contributed by atoms with van der Waals surface area (Å²) in [6, 6.07) is 7.39. The quantitative estimate of drug-likeness (QED) is 0.863. The van der Waals surface area contributed by atoms with Crippen molar-refractivity contribution in [2.24, 2.45) is 5.92 Å². The van der Waals surface area contributed by atoms with Crippen molar-refractivity contribution in [2.45, 2.75) is 39.2 Å². The van der Waals surface area contributed by atoms with E-state index < -0.39 is 0 Å². The monoisotopic (exact) mass is 247 g/mol. The third kappa shape index (κ3) is 2.76. The largest absolute Gasteiger partial charge is 0.381 e. The Morgan fingerprint density at radius 2 is 2.17 bits per heavy atom. The van der Waals surface area contributed by atoms with Gasteiger partial charge in [-0.25, -0.2) is 0 Å². The summed E-state index contributed by atoms with van der Waals surface area (Å²) in [6.07, 6.45) is 3.38. The fourth-order valence-electron chi connectivity index (χ4n) is 2.94. The fourth-order valence-corrected chi connectivity index (χ4v) is 2.94. The first-order valence-electron chi connectivity index (χ1n) is 7.16. The molecule has 2 unspecified atom stereocenters. The minimum atomic E-state index is 0.439. The summed E-state index contributed by atoms with van der Waals surface area (Å²) in [4.78, 5) is 0. The fraction of sp³-hybridized carbons (Fsp3) is 0.625. The van der Waals surface area contributed by atoms with Crippen LogP contribution in [0, 0.1) is 5.92 Å². The second kappa shape index (κ2) is 6.35. The van der Waals surface area contributed by atoms with Crippen LogP contribution >= 0.6 is 0 Å². The third-order valence-electron chi connectivity index (χ3n) is 4.08. The van der Waals surface area contributed by atoms with Gasteiger partial charge < -0.3 is 10.1 Å². The van der Waals surface area contributed by atoms with Gasteiger partial charge in [0.15, 0.2) is 0 Å². The number of aryl methyl sites for hydroxylation is 2. The van der Waals surface area contributed by atoms with E-state index >= 15 is 0 Å². The van der Waals surface area contributed by atoms with Gasteiger partial charge in [0.1, 0.15) is 0 Å². The van der Waals surface area contributed by atoms with Gasteiger partial charge in [0, 0.05) is 18.6 Å². The van der Waals surface area contributed by atoms with Crippen molar-refractivity contribution >= 4 is 0 Å². The van der Waals surface area contributed by atoms with E-state index in [2.05, 4.69) is 44.4 Å². The molecule has 1 aliphatic heterocycles. The average Bonchev–Trinajstić information content (AvgIpc) is 2.93. The SMILES string of the molecule is CCc1ccc(CC)c(C(NC)C2CCOC2)c1. The minimum absolute atomic E-state index is 0.439. The number of hydrogen-bond acceptors (Lipinski definition) is 2. The van der Waals surface area contributed by atoms with E-state index in [1.54, 1.807) is 0 Å². The average molecular weight is 247 g/mol. The second-order valence-corrected chi connectivity index (χ2v) is 5.13. The summed E-state index contributed by atoms with van der Waals surface area (Å²) in [6.45, 7) is 6.27. The van der Waals surface area contributed by atoms with E-state index in [9.17, 15) is 0 Å². The van der Waals surface area contributed by atoms with Gasteiger partial charge in [-0.2, -0.15) is 0 Å². The first-order valence-corrected chi connectivity index (χ1v) is 7.16. The van der Waals surface area contributed by atoms with E-state index in [0.717, 1.165) is 26.1 Å². The highest BCUT2D eigenvalue weighted by Gasteiger charge is 2.27. The van der Waals surface area contributed by atoms with Gasteiger partial charge in [0.2, 0.25) is 0 Å². The second-order valence-electron chi connectivity index (χ2n) is 5.13. The molecular formula is C16H25NO. The van der Waals surface area contributed by atoms with Crippen LogP contribution < -0.4 is 5.32 Å². The molecule has 1 aromatic rings. The lowest BCUT2D eigenvalue weighted by Crippen LogP contribution is -2.26. The zero-order valence-electron chi connectivity index (χ0n) is 11.8. The molecule has 2 rings (SSSR count). The van der Waals surface area contributed by atoms with Gasteiger partial charge in [-0.05, 0) is 43.0 Å². The molecule has 0 bridgehead atoms. The van der Waals surface area contributed by atoms with Crippen molar-refractivity contribution in [3.05, 3.63) is 34.9 Å². The van der Waals surface area contributed by atoms with Gasteiger partial charge in [0.25, 0.3) is 0 Å². The van der Waals surface area contributed by atoms with Gasteiger partial charge in [-0.15, -0.1) is 0 Å². The predicted octanol–water partition coefficient (Wildman–Crippen LogP) is 3.11. The van der Waals surface area contributed by atoms with Crippen LogP contribution in [0.3, 0.4) is 0 Å². The molecule has 0 amide bonds. The van der Waals surface area contributed by atoms with E-state index in [0.29, 0.717) is 12.0 Å². The molecule has 2 nitrogen and oxygen atoms in total. The maximum atomic E-state index is 5.55. The normalized spacial score (nSPS) is 21.2. The molecule has 1 saturated heterocycles. The highest BCUT2D eigenvalue weighted by molar-refractivity contribution is 5.35. The summed E-state index contributed by atoms with van der Waals surface area (Å²) in [7, 11) is 2.07. The maximum absolute atomic E-state index is 5.55. The molecule has 100 valence electrons. The highest BCUT2D eigenvalue weighted by Crippen LogP contribution is 2.31. The Morgan fingerprint density at radius 1 is 1.33 bits per heavy atom. The molecule has 1 aliphatic rings. The lowest BCUT2D eigenvalue weighted by molar-refractivity contribution is 0.177. The molecular weight excluding hydrogens is 222 g/mol. The van der Waals surface area contributed by atoms with E-state index in [-0.39, 0.29) is 0 Å². The van der Waals surface area contributed by atoms with Crippen LogP contribution in [0.2, 0.25) is 0 Å². The third-order valence-corrected chi connectivity index (χ3v) is 4.08. The van der Waals surface area contributed by atoms with Crippen molar-refractivity contribution in [3.63, 3.8) is 0 Å². The van der Waals surface area contributed by atoms with Crippen LogP contribution in [0.15, 0.2) is 18.2 Å². The Bertz CT molecular complexity index is 383. The smallest absolute Gasteiger partial charge is 0.0513 e. The number of hydrogen-bond donors (Lipinski definition) is 1. The number of ether oxygens (including phenoxy) is 1. The first-order chi connectivity index (χ1) is 8.80. The molecule has 1 heterocycles. The number of rotatable bonds is 5. The topological polar surface area (TPSA) is 21.3 Å². The summed E-state index contributed by atoms with van der Waals surface area (Å²) < 4.78 is 5.55. The molecule has 2 atom stereocenters. The van der Waals surface area contributed by atoms with Crippen LogP contribution in [-0.4, -0.2) is 20.3 Å². The minimum Gasteiger partial charge on any atom is -0.381 e. The summed E-state index contributed by atoms with van der Waals surface area (Å²) in [5, 5.41) is 3.51. The molecule has 1 fully saturated rings. The van der Waals surface area contributed by atoms with Crippen molar-refractivity contribution in [3.8, 4) is 0 Å². The molecule has 0 aromatic heterocycles. The van der Waals surface area contributed by atoms with Crippen LogP contribution in [0.5, 0.6) is 0 Å². The van der Waals surface area contributed by atoms with Crippen LogP contribution in [-0.2, 0) is 17.6 Å². The molecule has 1 N–H and O–H groups in total. The molecule has 2 heteroatoms. The Hall–Kier alpha value is -0.860. The molecule has 18 heavy (non-hydrogen) atoms. The standard InChI is InChI=1S/C16H25NO/c1-4-12-6-7-13(5-2)15(10-12)16(17-3)14-8-9-18-11-14/h6-7,10,14,16-17H,4-5,8-9,11H2,1-3H3.